The number of nitrogens with one attached hydrogen (secondary N) is 1. The van der Waals surface area contributed by atoms with Gasteiger partial charge in [-0.2, -0.15) is 0 Å². The van der Waals surface area contributed by atoms with Crippen molar-refractivity contribution in [2.45, 2.75) is 13.1 Å². The lowest BCUT2D eigenvalue weighted by molar-refractivity contribution is 0.0591. The molecule has 0 aliphatic heterocycles. The van der Waals surface area contributed by atoms with Crippen LogP contribution < -0.4 is 5.32 Å². The Kier molecular flexibility index (Phi) is 5.76. The third-order valence-electron chi connectivity index (χ3n) is 3.10. The van der Waals surface area contributed by atoms with Crippen LogP contribution in [0, 0.1) is 0 Å². The molecule has 0 unspecified atom stereocenters. The molecule has 1 N–H and O–H groups in total. The largest absolute Gasteiger partial charge is 0.465 e. The lowest BCUT2D eigenvalue weighted by Gasteiger charge is -2.05. The van der Waals surface area contributed by atoms with Gasteiger partial charge >= 0.3 is 11.9 Å². The molecule has 0 saturated heterocycles. The van der Waals surface area contributed by atoms with Crippen molar-refractivity contribution in [3.8, 4) is 0 Å². The Morgan fingerprint density at radius 1 is 0.870 bits per heavy atom. The van der Waals surface area contributed by atoms with Crippen LogP contribution in [0.1, 0.15) is 32.1 Å². The topological polar surface area (TPSA) is 90.4 Å². The summed E-state index contributed by atoms with van der Waals surface area (Å²) in [7, 11) is 2.66. The number of aromatic nitrogens is 2. The minimum atomic E-state index is -0.410. The first-order valence-corrected chi connectivity index (χ1v) is 6.91. The van der Waals surface area contributed by atoms with Crippen molar-refractivity contribution in [1.29, 1.82) is 0 Å². The second-order valence-corrected chi connectivity index (χ2v) is 4.66. The Bertz CT molecular complexity index is 609. The van der Waals surface area contributed by atoms with E-state index < -0.39 is 11.9 Å². The SMILES string of the molecule is COC(=O)c1ccc(CNCc2ccc(C(=O)OC)cn2)nc1. The van der Waals surface area contributed by atoms with Crippen molar-refractivity contribution >= 4 is 11.9 Å². The Morgan fingerprint density at radius 3 is 1.61 bits per heavy atom. The highest BCUT2D eigenvalue weighted by molar-refractivity contribution is 5.89. The second kappa shape index (κ2) is 8.00. The van der Waals surface area contributed by atoms with Crippen molar-refractivity contribution in [2.75, 3.05) is 14.2 Å². The van der Waals surface area contributed by atoms with Gasteiger partial charge in [0.25, 0.3) is 0 Å². The van der Waals surface area contributed by atoms with E-state index in [4.69, 9.17) is 0 Å². The highest BCUT2D eigenvalue weighted by Gasteiger charge is 2.06. The number of carbonyl (C=O) groups is 2. The van der Waals surface area contributed by atoms with Gasteiger partial charge in [-0.15, -0.1) is 0 Å². The van der Waals surface area contributed by atoms with E-state index in [1.165, 1.54) is 26.6 Å². The van der Waals surface area contributed by atoms with Gasteiger partial charge in [0.05, 0.1) is 36.7 Å². The Morgan fingerprint density at radius 2 is 1.30 bits per heavy atom. The molecule has 0 aliphatic rings. The van der Waals surface area contributed by atoms with Crippen LogP contribution in [-0.4, -0.2) is 36.1 Å². The molecule has 0 aromatic carbocycles. The number of rotatable bonds is 6. The fourth-order valence-corrected chi connectivity index (χ4v) is 1.85. The lowest BCUT2D eigenvalue weighted by Crippen LogP contribution is -2.15. The summed E-state index contributed by atoms with van der Waals surface area (Å²) in [5, 5.41) is 3.19. The van der Waals surface area contributed by atoms with Crippen molar-refractivity contribution in [3.63, 3.8) is 0 Å². The predicted octanol–water partition coefficient (Wildman–Crippen LogP) is 1.34. The number of ether oxygens (including phenoxy) is 2. The fraction of sp³-hybridized carbons (Fsp3) is 0.250. The van der Waals surface area contributed by atoms with E-state index in [9.17, 15) is 9.59 Å². The first kappa shape index (κ1) is 16.6. The summed E-state index contributed by atoms with van der Waals surface area (Å²) in [6.07, 6.45) is 2.96. The van der Waals surface area contributed by atoms with E-state index in [-0.39, 0.29) is 0 Å². The maximum Gasteiger partial charge on any atom is 0.339 e. The molecule has 0 amide bonds. The number of nitrogens with zero attached hydrogens (tertiary/aromatic N) is 2. The van der Waals surface area contributed by atoms with E-state index in [1.807, 2.05) is 0 Å². The summed E-state index contributed by atoms with van der Waals surface area (Å²) in [4.78, 5) is 31.0. The van der Waals surface area contributed by atoms with Crippen LogP contribution in [0.4, 0.5) is 0 Å². The van der Waals surface area contributed by atoms with Crippen LogP contribution in [0.25, 0.3) is 0 Å². The maximum absolute atomic E-state index is 11.3. The number of esters is 2. The third kappa shape index (κ3) is 4.58. The zero-order valence-corrected chi connectivity index (χ0v) is 12.9. The predicted molar refractivity (Wildman–Crippen MR) is 81.7 cm³/mol. The standard InChI is InChI=1S/C16H17N3O4/c1-22-15(20)11-3-5-13(18-7-11)9-17-10-14-6-4-12(8-19-14)16(21)23-2/h3-8,17H,9-10H2,1-2H3. The van der Waals surface area contributed by atoms with Crippen LogP contribution in [0.5, 0.6) is 0 Å². The first-order chi connectivity index (χ1) is 11.1. The van der Waals surface area contributed by atoms with E-state index in [0.29, 0.717) is 24.2 Å². The smallest absolute Gasteiger partial charge is 0.339 e. The van der Waals surface area contributed by atoms with Gasteiger partial charge in [-0.1, -0.05) is 0 Å². The lowest BCUT2D eigenvalue weighted by atomic mass is 10.2. The number of pyridine rings is 2. The minimum Gasteiger partial charge on any atom is -0.465 e. The average Bonchev–Trinajstić information content (AvgIpc) is 2.61. The van der Waals surface area contributed by atoms with Gasteiger partial charge < -0.3 is 14.8 Å². The number of hydrogen-bond acceptors (Lipinski definition) is 7. The summed E-state index contributed by atoms with van der Waals surface area (Å²) in [5.41, 5.74) is 2.42. The highest BCUT2D eigenvalue weighted by Crippen LogP contribution is 2.04. The summed E-state index contributed by atoms with van der Waals surface area (Å²) in [5.74, 6) is -0.821. The average molecular weight is 315 g/mol. The van der Waals surface area contributed by atoms with Crippen molar-refractivity contribution in [3.05, 3.63) is 59.2 Å². The first-order valence-electron chi connectivity index (χ1n) is 6.91. The molecular formula is C16H17N3O4. The highest BCUT2D eigenvalue weighted by atomic mass is 16.5. The third-order valence-corrected chi connectivity index (χ3v) is 3.10. The van der Waals surface area contributed by atoms with E-state index in [1.54, 1.807) is 24.3 Å². The molecule has 2 rings (SSSR count). The van der Waals surface area contributed by atoms with Crippen molar-refractivity contribution in [1.82, 2.24) is 15.3 Å². The molecule has 0 saturated carbocycles. The van der Waals surface area contributed by atoms with E-state index >= 15 is 0 Å². The van der Waals surface area contributed by atoms with Gasteiger partial charge in [0.2, 0.25) is 0 Å². The molecule has 2 aromatic rings. The van der Waals surface area contributed by atoms with Gasteiger partial charge in [-0.05, 0) is 24.3 Å². The summed E-state index contributed by atoms with van der Waals surface area (Å²) in [6.45, 7) is 1.06. The molecule has 120 valence electrons. The molecule has 7 heteroatoms. The van der Waals surface area contributed by atoms with Crippen LogP contribution >= 0.6 is 0 Å². The zero-order valence-electron chi connectivity index (χ0n) is 12.9. The fourth-order valence-electron chi connectivity index (χ4n) is 1.85. The Hall–Kier alpha value is -2.80. The van der Waals surface area contributed by atoms with Crippen LogP contribution in [0.15, 0.2) is 36.7 Å². The molecule has 23 heavy (non-hydrogen) atoms. The van der Waals surface area contributed by atoms with Crippen LogP contribution in [0.3, 0.4) is 0 Å². The molecule has 0 spiro atoms. The Balaban J connectivity index is 1.85. The maximum atomic E-state index is 11.3. The molecule has 0 bridgehead atoms. The quantitative estimate of drug-likeness (QED) is 0.804. The van der Waals surface area contributed by atoms with Gasteiger partial charge in [-0.25, -0.2) is 9.59 Å². The van der Waals surface area contributed by atoms with Gasteiger partial charge in [0.1, 0.15) is 0 Å². The monoisotopic (exact) mass is 315 g/mol. The molecule has 0 atom stereocenters. The van der Waals surface area contributed by atoms with Crippen LogP contribution in [0.2, 0.25) is 0 Å². The summed E-state index contributed by atoms with van der Waals surface area (Å²) in [6, 6.07) is 6.85. The van der Waals surface area contributed by atoms with E-state index in [2.05, 4.69) is 24.8 Å². The minimum absolute atomic E-state index is 0.410. The van der Waals surface area contributed by atoms with Gasteiger partial charge in [-0.3, -0.25) is 9.97 Å². The van der Waals surface area contributed by atoms with Crippen molar-refractivity contribution < 1.29 is 19.1 Å². The Labute approximate surface area is 133 Å². The zero-order chi connectivity index (χ0) is 16.7. The van der Waals surface area contributed by atoms with E-state index in [0.717, 1.165) is 11.4 Å². The molecule has 0 radical (unpaired) electrons. The normalized spacial score (nSPS) is 10.2. The molecular weight excluding hydrogens is 298 g/mol. The van der Waals surface area contributed by atoms with Gasteiger partial charge in [0, 0.05) is 25.5 Å². The second-order valence-electron chi connectivity index (χ2n) is 4.66. The molecule has 0 fully saturated rings. The van der Waals surface area contributed by atoms with Gasteiger partial charge in [0.15, 0.2) is 0 Å². The number of methoxy groups -OCH3 is 2. The molecule has 0 aliphatic carbocycles. The summed E-state index contributed by atoms with van der Waals surface area (Å²) >= 11 is 0. The van der Waals surface area contributed by atoms with Crippen molar-refractivity contribution in [2.24, 2.45) is 0 Å². The number of hydrogen-bond donors (Lipinski definition) is 1. The molecule has 2 heterocycles. The molecule has 2 aromatic heterocycles. The summed E-state index contributed by atoms with van der Waals surface area (Å²) < 4.78 is 9.23. The van der Waals surface area contributed by atoms with Crippen LogP contribution in [-0.2, 0) is 22.6 Å². The molecule has 7 nitrogen and oxygen atoms in total. The number of carbonyl (C=O) groups excluding carboxylic acids is 2.